The van der Waals surface area contributed by atoms with E-state index >= 15 is 0 Å². The number of carboxylic acid groups (broad SMARTS) is 1. The number of aromatic carboxylic acids is 1. The van der Waals surface area contributed by atoms with Crippen LogP contribution < -0.4 is 21.7 Å². The van der Waals surface area contributed by atoms with Crippen molar-refractivity contribution < 1.29 is 53.6 Å². The molecule has 468 valence electrons. The monoisotopic (exact) mass is 1420 g/mol. The van der Waals surface area contributed by atoms with Gasteiger partial charge < -0.3 is 25.5 Å². The van der Waals surface area contributed by atoms with E-state index in [-0.39, 0.29) is 71.6 Å². The van der Waals surface area contributed by atoms with Crippen LogP contribution in [0, 0.1) is 0 Å². The number of anilines is 4. The molecule has 0 aliphatic carbocycles. The number of thiazole rings is 4. The Morgan fingerprint density at radius 2 is 1.06 bits per heavy atom. The second-order valence-corrected chi connectivity index (χ2v) is 23.6. The molecule has 8 aromatic rings. The number of hydrogen-bond acceptors (Lipinski definition) is 23. The molecular formula is C52H53IN22O11S4. The molecular weight excluding hydrogens is 1360 g/mol. The molecule has 3 atom stereocenters. The quantitative estimate of drug-likeness (QED) is 0.0326. The molecule has 6 aliphatic heterocycles. The zero-order valence-corrected chi connectivity index (χ0v) is 52.2. The van der Waals surface area contributed by atoms with Gasteiger partial charge in [0.2, 0.25) is 0 Å². The SMILES string of the molecule is C=CCON1C(=O)N2CC(I)=CC1C2.C=CCON1C(=O)N2CC(n3ccc(C(=O)Nc4nccs4)n3)=CC1C2.Nc1nccs1.O=C(Nc1nccs1)c1ccn(C2=CC3CN(C2)C(=O)N3O)n1.O=C(Nc1nccs1)c1ccn[nH]1.O=C(O)c1ccn[nH]1. The average Bonchev–Trinajstić information content (AvgIpc) is 1.73. The molecule has 6 bridgehead atoms. The summed E-state index contributed by atoms with van der Waals surface area (Å²) in [5.74, 6) is -1.89. The summed E-state index contributed by atoms with van der Waals surface area (Å²) in [6, 6.07) is 5.06. The van der Waals surface area contributed by atoms with Gasteiger partial charge in [-0.25, -0.2) is 48.5 Å². The van der Waals surface area contributed by atoms with Crippen LogP contribution >= 0.6 is 67.9 Å². The van der Waals surface area contributed by atoms with Crippen molar-refractivity contribution in [1.29, 1.82) is 0 Å². The first kappa shape index (κ1) is 64.6. The fourth-order valence-electron chi connectivity index (χ4n) is 8.54. The van der Waals surface area contributed by atoms with Gasteiger partial charge in [-0.2, -0.15) is 35.6 Å². The van der Waals surface area contributed by atoms with Gasteiger partial charge in [0.15, 0.2) is 31.9 Å². The number of halogens is 1. The molecule has 3 saturated heterocycles. The first-order valence-electron chi connectivity index (χ1n) is 26.4. The number of rotatable bonds is 15. The van der Waals surface area contributed by atoms with Gasteiger partial charge in [-0.3, -0.25) is 55.4 Å². The molecule has 33 nitrogen and oxygen atoms in total. The number of nitrogens with zero attached hydrogens (tertiary/aromatic N) is 16. The number of carboxylic acids is 1. The maximum Gasteiger partial charge on any atom is 0.353 e. The zero-order chi connectivity index (χ0) is 63.7. The van der Waals surface area contributed by atoms with Crippen molar-refractivity contribution in [3.63, 3.8) is 0 Å². The Labute approximate surface area is 539 Å². The van der Waals surface area contributed by atoms with Crippen LogP contribution in [0.5, 0.6) is 0 Å². The van der Waals surface area contributed by atoms with Crippen LogP contribution in [-0.4, -0.2) is 212 Å². The number of carbonyl (C=O) groups is 7. The number of carbonyl (C=O) groups excluding carboxylic acids is 6. The Kier molecular flexibility index (Phi) is 22.2. The van der Waals surface area contributed by atoms with Crippen LogP contribution in [0.4, 0.5) is 34.9 Å². The highest BCUT2D eigenvalue weighted by Crippen LogP contribution is 2.29. The number of fused-ring (bicyclic) bond motifs is 6. The molecule has 90 heavy (non-hydrogen) atoms. The van der Waals surface area contributed by atoms with E-state index < -0.39 is 12.0 Å². The molecule has 0 radical (unpaired) electrons. The molecule has 14 rings (SSSR count). The van der Waals surface area contributed by atoms with Crippen molar-refractivity contribution in [2.24, 2.45) is 0 Å². The zero-order valence-electron chi connectivity index (χ0n) is 46.7. The molecule has 0 saturated carbocycles. The minimum Gasteiger partial charge on any atom is -0.477 e. The summed E-state index contributed by atoms with van der Waals surface area (Å²) < 4.78 is 4.35. The predicted octanol–water partition coefficient (Wildman–Crippen LogP) is 6.11. The van der Waals surface area contributed by atoms with E-state index in [4.69, 9.17) is 20.5 Å². The van der Waals surface area contributed by atoms with Gasteiger partial charge in [-0.1, -0.05) is 12.2 Å². The highest BCUT2D eigenvalue weighted by atomic mass is 127. The lowest BCUT2D eigenvalue weighted by atomic mass is 10.2. The summed E-state index contributed by atoms with van der Waals surface area (Å²) in [4.78, 5) is 113. The van der Waals surface area contributed by atoms with Crippen molar-refractivity contribution in [3.8, 4) is 0 Å². The maximum atomic E-state index is 12.3. The Balaban J connectivity index is 0.000000136. The van der Waals surface area contributed by atoms with Crippen molar-refractivity contribution in [2.75, 3.05) is 74.2 Å². The fourth-order valence-corrected chi connectivity index (χ4v) is 11.3. The van der Waals surface area contributed by atoms with Gasteiger partial charge in [-0.15, -0.1) is 58.5 Å². The van der Waals surface area contributed by atoms with Crippen LogP contribution in [0.3, 0.4) is 0 Å². The maximum absolute atomic E-state index is 12.3. The van der Waals surface area contributed by atoms with E-state index in [2.05, 4.69) is 108 Å². The second kappa shape index (κ2) is 30.9. The Bertz CT molecular complexity index is 3840. The van der Waals surface area contributed by atoms with E-state index in [1.807, 2.05) is 11.5 Å². The number of hydroxylamine groups is 6. The number of urea groups is 3. The summed E-state index contributed by atoms with van der Waals surface area (Å²) in [5.41, 5.74) is 7.80. The van der Waals surface area contributed by atoms with Gasteiger partial charge in [0, 0.05) is 94.3 Å². The van der Waals surface area contributed by atoms with Crippen molar-refractivity contribution in [3.05, 3.63) is 165 Å². The van der Waals surface area contributed by atoms with Gasteiger partial charge in [0.25, 0.3) is 17.7 Å². The van der Waals surface area contributed by atoms with Crippen LogP contribution in [0.1, 0.15) is 42.0 Å². The minimum absolute atomic E-state index is 0.0419. The van der Waals surface area contributed by atoms with E-state index in [0.29, 0.717) is 70.6 Å². The Hall–Kier alpha value is -9.84. The third kappa shape index (κ3) is 16.9. The molecule has 9 amide bonds. The van der Waals surface area contributed by atoms with Crippen LogP contribution in [-0.2, 0) is 9.68 Å². The predicted molar refractivity (Wildman–Crippen MR) is 338 cm³/mol. The first-order chi connectivity index (χ1) is 43.5. The van der Waals surface area contributed by atoms with Gasteiger partial charge >= 0.3 is 24.1 Å². The summed E-state index contributed by atoms with van der Waals surface area (Å²) in [6.07, 6.45) is 21.8. The Morgan fingerprint density at radius 1 is 0.611 bits per heavy atom. The molecule has 14 heterocycles. The first-order valence-corrected chi connectivity index (χ1v) is 31.0. The normalized spacial score (nSPS) is 17.3. The lowest BCUT2D eigenvalue weighted by Crippen LogP contribution is -2.33. The molecule has 9 N–H and O–H groups in total. The highest BCUT2D eigenvalue weighted by Gasteiger charge is 2.43. The molecule has 3 unspecified atom stereocenters. The molecule has 3 fully saturated rings. The third-order valence-corrected chi connectivity index (χ3v) is 15.9. The number of H-pyrrole nitrogens is 2. The molecule has 0 aromatic carbocycles. The minimum atomic E-state index is -0.984. The van der Waals surface area contributed by atoms with E-state index in [1.54, 1.807) is 109 Å². The van der Waals surface area contributed by atoms with Crippen molar-refractivity contribution >= 4 is 142 Å². The average molecular weight is 1420 g/mol. The number of hydrogen-bond donors (Lipinski definition) is 8. The van der Waals surface area contributed by atoms with Gasteiger partial charge in [0.1, 0.15) is 11.4 Å². The number of aromatic amines is 2. The van der Waals surface area contributed by atoms with Crippen LogP contribution in [0.2, 0.25) is 0 Å². The van der Waals surface area contributed by atoms with Gasteiger partial charge in [-0.05, 0) is 65.1 Å². The van der Waals surface area contributed by atoms with E-state index in [0.717, 1.165) is 17.9 Å². The second-order valence-electron chi connectivity index (χ2n) is 18.6. The number of nitrogens with one attached hydrogen (secondary N) is 5. The van der Waals surface area contributed by atoms with E-state index in [1.165, 1.54) is 82.4 Å². The number of nitrogens with two attached hydrogens (primary N) is 1. The van der Waals surface area contributed by atoms with Crippen molar-refractivity contribution in [2.45, 2.75) is 18.1 Å². The van der Waals surface area contributed by atoms with Crippen molar-refractivity contribution in [1.82, 2.24) is 89.8 Å². The number of nitrogen functional groups attached to an aromatic ring is 1. The Morgan fingerprint density at radius 3 is 1.47 bits per heavy atom. The molecule has 8 aromatic heterocycles. The smallest absolute Gasteiger partial charge is 0.353 e. The molecule has 0 spiro atoms. The number of aromatic nitrogens is 12. The summed E-state index contributed by atoms with van der Waals surface area (Å²) >= 11 is 7.73. The summed E-state index contributed by atoms with van der Waals surface area (Å²) in [6.45, 7) is 11.0. The lowest BCUT2D eigenvalue weighted by Gasteiger charge is -2.21. The fraction of sp³-hybridized carbons (Fsp3) is 0.212. The lowest BCUT2D eigenvalue weighted by molar-refractivity contribution is -0.107. The number of amides is 9. The van der Waals surface area contributed by atoms with Crippen LogP contribution in [0.15, 0.2) is 142 Å². The largest absolute Gasteiger partial charge is 0.477 e. The molecule has 38 heteroatoms. The summed E-state index contributed by atoms with van der Waals surface area (Å²) in [5, 5.41) is 59.3. The van der Waals surface area contributed by atoms with E-state index in [9.17, 15) is 38.8 Å². The summed E-state index contributed by atoms with van der Waals surface area (Å²) in [7, 11) is 0. The standard InChI is InChI=1S/C16H16N6O3S.C13H12N6O3S.C9H11IN2O2.C7H6N4OS.C4H4N2O2.C3H4N2S/c1-2-6-25-22-12-8-11(9-20(10-12)16(22)24)21-5-3-13(19-21)14(23)18-15-17-4-7-26-15;20-11(15-12-14-2-4-23-12)10-1-3-18(16-10)8-5-9-7-17(6-8)13(21)19(9)22;1-2-3-14-12-8-4-7(10)5-11(6-8)9(12)13;12-6(5-1-2-9-11-5)10-7-8-3-4-13-7;7-4(8)3-1-2-5-6-3;4-3-5-1-2-6-3/h2-5,7-8,12H,1,6,9-10H2,(H,17,18,23);1-5,9,22H,6-7H2,(H,14,15,20);2,4,8H,1,3,5-6H2;1-4H,(H,9,11)(H,8,10,12);1-2H,(H,5,6)(H,7,8);1-2H,(H2,4,5). The molecule has 6 aliphatic rings. The third-order valence-electron chi connectivity index (χ3n) is 12.5. The topological polar surface area (TPSA) is 405 Å². The van der Waals surface area contributed by atoms with Crippen LogP contribution in [0.25, 0.3) is 11.4 Å². The highest BCUT2D eigenvalue weighted by molar-refractivity contribution is 14.1. The van der Waals surface area contributed by atoms with Gasteiger partial charge in [0.05, 0.1) is 62.4 Å².